The number of nitrogens with zero attached hydrogens (tertiary/aromatic N) is 2. The van der Waals surface area contributed by atoms with Crippen LogP contribution in [0.25, 0.3) is 0 Å². The molecule has 2 aromatic rings. The molecule has 1 unspecified atom stereocenters. The second-order valence-corrected chi connectivity index (χ2v) is 4.08. The van der Waals surface area contributed by atoms with E-state index in [-0.39, 0.29) is 6.04 Å². The van der Waals surface area contributed by atoms with Crippen LogP contribution in [0.4, 0.5) is 5.82 Å². The number of nitrogens with one attached hydrogen (secondary N) is 1. The summed E-state index contributed by atoms with van der Waals surface area (Å²) in [5.74, 6) is 1.85. The minimum Gasteiger partial charge on any atom is -0.469 e. The Morgan fingerprint density at radius 2 is 2.29 bits per heavy atom. The third-order valence-corrected chi connectivity index (χ3v) is 2.57. The highest BCUT2D eigenvalue weighted by Crippen LogP contribution is 2.10. The van der Waals surface area contributed by atoms with Gasteiger partial charge in [0.05, 0.1) is 6.26 Å². The molecule has 1 atom stereocenters. The largest absolute Gasteiger partial charge is 0.469 e. The predicted octanol–water partition coefficient (Wildman–Crippen LogP) is 2.68. The molecule has 0 saturated heterocycles. The molecule has 4 nitrogen and oxygen atoms in total. The lowest BCUT2D eigenvalue weighted by molar-refractivity contribution is 0.497. The van der Waals surface area contributed by atoms with E-state index in [1.54, 1.807) is 12.6 Å². The molecule has 0 fully saturated rings. The van der Waals surface area contributed by atoms with Gasteiger partial charge in [-0.3, -0.25) is 0 Å². The summed E-state index contributed by atoms with van der Waals surface area (Å²) >= 11 is 0. The Morgan fingerprint density at radius 1 is 1.41 bits per heavy atom. The van der Waals surface area contributed by atoms with E-state index in [9.17, 15) is 0 Å². The van der Waals surface area contributed by atoms with Gasteiger partial charge in [0.15, 0.2) is 0 Å². The summed E-state index contributed by atoms with van der Waals surface area (Å²) in [4.78, 5) is 8.38. The molecule has 0 aliphatic heterocycles. The van der Waals surface area contributed by atoms with Crippen LogP contribution in [0, 0.1) is 0 Å². The van der Waals surface area contributed by atoms with E-state index in [1.807, 2.05) is 18.2 Å². The van der Waals surface area contributed by atoms with Crippen molar-refractivity contribution in [2.24, 2.45) is 0 Å². The second kappa shape index (κ2) is 5.48. The normalized spacial score (nSPS) is 12.4. The number of aryl methyl sites for hydroxylation is 1. The van der Waals surface area contributed by atoms with Crippen LogP contribution < -0.4 is 5.32 Å². The Labute approximate surface area is 101 Å². The van der Waals surface area contributed by atoms with Crippen LogP contribution in [-0.2, 0) is 12.8 Å². The fourth-order valence-electron chi connectivity index (χ4n) is 1.70. The predicted molar refractivity (Wildman–Crippen MR) is 66.9 cm³/mol. The first-order valence-electron chi connectivity index (χ1n) is 5.87. The molecular formula is C13H17N3O. The van der Waals surface area contributed by atoms with Crippen molar-refractivity contribution in [1.29, 1.82) is 0 Å². The lowest BCUT2D eigenvalue weighted by atomic mass is 10.2. The van der Waals surface area contributed by atoms with Crippen molar-refractivity contribution in [3.8, 4) is 0 Å². The van der Waals surface area contributed by atoms with Crippen LogP contribution in [0.1, 0.15) is 25.3 Å². The Kier molecular flexibility index (Phi) is 3.75. The van der Waals surface area contributed by atoms with Gasteiger partial charge >= 0.3 is 0 Å². The van der Waals surface area contributed by atoms with Gasteiger partial charge in [-0.25, -0.2) is 9.97 Å². The van der Waals surface area contributed by atoms with Crippen molar-refractivity contribution < 1.29 is 4.42 Å². The van der Waals surface area contributed by atoms with Gasteiger partial charge in [-0.15, -0.1) is 0 Å². The van der Waals surface area contributed by atoms with Gasteiger partial charge in [-0.05, 0) is 25.5 Å². The third-order valence-electron chi connectivity index (χ3n) is 2.57. The van der Waals surface area contributed by atoms with Gasteiger partial charge in [0, 0.05) is 24.2 Å². The van der Waals surface area contributed by atoms with Crippen molar-refractivity contribution in [2.75, 3.05) is 5.32 Å². The summed E-state index contributed by atoms with van der Waals surface area (Å²) in [6.45, 7) is 4.19. The number of anilines is 1. The zero-order valence-corrected chi connectivity index (χ0v) is 10.2. The number of hydrogen-bond acceptors (Lipinski definition) is 4. The summed E-state index contributed by atoms with van der Waals surface area (Å²) in [7, 11) is 0. The quantitative estimate of drug-likeness (QED) is 0.859. The molecule has 2 aromatic heterocycles. The molecule has 0 aliphatic carbocycles. The van der Waals surface area contributed by atoms with E-state index < -0.39 is 0 Å². The van der Waals surface area contributed by atoms with Crippen LogP contribution >= 0.6 is 0 Å². The number of rotatable bonds is 5. The summed E-state index contributed by atoms with van der Waals surface area (Å²) in [5.41, 5.74) is 1.05. The van der Waals surface area contributed by atoms with Gasteiger partial charge in [-0.2, -0.15) is 0 Å². The number of furan rings is 1. The third kappa shape index (κ3) is 3.31. The average Bonchev–Trinajstić information content (AvgIpc) is 2.82. The highest BCUT2D eigenvalue weighted by atomic mass is 16.3. The maximum atomic E-state index is 5.31. The standard InChI is InChI=1S/C13H17N3O/c1-3-11-8-13(15-9-14-11)16-10(2)7-12-5-4-6-17-12/h4-6,8-10H,3,7H2,1-2H3,(H,14,15,16). The number of aromatic nitrogens is 2. The molecular weight excluding hydrogens is 214 g/mol. The molecule has 0 spiro atoms. The van der Waals surface area contributed by atoms with Crippen LogP contribution in [-0.4, -0.2) is 16.0 Å². The van der Waals surface area contributed by atoms with Gasteiger partial charge in [0.25, 0.3) is 0 Å². The topological polar surface area (TPSA) is 51.0 Å². The monoisotopic (exact) mass is 231 g/mol. The summed E-state index contributed by atoms with van der Waals surface area (Å²) in [5, 5.41) is 3.34. The van der Waals surface area contributed by atoms with E-state index >= 15 is 0 Å². The molecule has 90 valence electrons. The molecule has 0 radical (unpaired) electrons. The zero-order valence-electron chi connectivity index (χ0n) is 10.2. The van der Waals surface area contributed by atoms with Gasteiger partial charge in [-0.1, -0.05) is 6.92 Å². The Morgan fingerprint density at radius 3 is 3.00 bits per heavy atom. The molecule has 2 heterocycles. The van der Waals surface area contributed by atoms with E-state index in [0.29, 0.717) is 0 Å². The van der Waals surface area contributed by atoms with E-state index in [0.717, 1.165) is 30.1 Å². The van der Waals surface area contributed by atoms with Crippen LogP contribution in [0.3, 0.4) is 0 Å². The van der Waals surface area contributed by atoms with E-state index in [1.165, 1.54) is 0 Å². The SMILES string of the molecule is CCc1cc(NC(C)Cc2ccco2)ncn1. The van der Waals surface area contributed by atoms with E-state index in [2.05, 4.69) is 29.1 Å². The van der Waals surface area contributed by atoms with Crippen LogP contribution in [0.5, 0.6) is 0 Å². The smallest absolute Gasteiger partial charge is 0.129 e. The van der Waals surface area contributed by atoms with Crippen LogP contribution in [0.15, 0.2) is 35.2 Å². The summed E-state index contributed by atoms with van der Waals surface area (Å²) < 4.78 is 5.31. The average molecular weight is 231 g/mol. The molecule has 0 aliphatic rings. The van der Waals surface area contributed by atoms with Crippen LogP contribution in [0.2, 0.25) is 0 Å². The second-order valence-electron chi connectivity index (χ2n) is 4.08. The first-order valence-corrected chi connectivity index (χ1v) is 5.87. The van der Waals surface area contributed by atoms with Gasteiger partial charge in [0.2, 0.25) is 0 Å². The Balaban J connectivity index is 1.95. The molecule has 1 N–H and O–H groups in total. The molecule has 0 bridgehead atoms. The fraction of sp³-hybridized carbons (Fsp3) is 0.385. The number of hydrogen-bond donors (Lipinski definition) is 1. The first-order chi connectivity index (χ1) is 8.28. The maximum absolute atomic E-state index is 5.31. The Hall–Kier alpha value is -1.84. The lowest BCUT2D eigenvalue weighted by Gasteiger charge is -2.13. The molecule has 0 amide bonds. The van der Waals surface area contributed by atoms with Crippen molar-refractivity contribution in [3.05, 3.63) is 42.2 Å². The summed E-state index contributed by atoms with van der Waals surface area (Å²) in [6, 6.07) is 6.15. The molecule has 0 saturated carbocycles. The summed E-state index contributed by atoms with van der Waals surface area (Å²) in [6.07, 6.45) is 5.06. The minimum atomic E-state index is 0.278. The van der Waals surface area contributed by atoms with Crippen molar-refractivity contribution in [2.45, 2.75) is 32.7 Å². The molecule has 2 rings (SSSR count). The highest BCUT2D eigenvalue weighted by Gasteiger charge is 2.06. The molecule has 4 heteroatoms. The Bertz CT molecular complexity index is 453. The first kappa shape index (κ1) is 11.6. The van der Waals surface area contributed by atoms with Gasteiger partial charge < -0.3 is 9.73 Å². The minimum absolute atomic E-state index is 0.278. The fourth-order valence-corrected chi connectivity index (χ4v) is 1.70. The van der Waals surface area contributed by atoms with E-state index in [4.69, 9.17) is 4.42 Å². The van der Waals surface area contributed by atoms with Crippen molar-refractivity contribution >= 4 is 5.82 Å². The van der Waals surface area contributed by atoms with Crippen molar-refractivity contribution in [3.63, 3.8) is 0 Å². The maximum Gasteiger partial charge on any atom is 0.129 e. The molecule has 0 aromatic carbocycles. The molecule has 17 heavy (non-hydrogen) atoms. The highest BCUT2D eigenvalue weighted by molar-refractivity contribution is 5.36. The van der Waals surface area contributed by atoms with Gasteiger partial charge in [0.1, 0.15) is 17.9 Å². The van der Waals surface area contributed by atoms with Crippen molar-refractivity contribution in [1.82, 2.24) is 9.97 Å². The zero-order chi connectivity index (χ0) is 12.1. The lowest BCUT2D eigenvalue weighted by Crippen LogP contribution is -2.18.